The minimum absolute atomic E-state index is 0.154. The highest BCUT2D eigenvalue weighted by Crippen LogP contribution is 2.26. The molecule has 0 atom stereocenters. The summed E-state index contributed by atoms with van der Waals surface area (Å²) in [7, 11) is 0. The van der Waals surface area contributed by atoms with Gasteiger partial charge in [0.15, 0.2) is 0 Å². The van der Waals surface area contributed by atoms with Crippen molar-refractivity contribution in [2.45, 2.75) is 45.1 Å². The maximum atomic E-state index is 11.1. The van der Waals surface area contributed by atoms with Crippen molar-refractivity contribution in [3.8, 4) is 5.75 Å². The first-order valence-corrected chi connectivity index (χ1v) is 6.03. The molecule has 1 aliphatic carbocycles. The van der Waals surface area contributed by atoms with Crippen LogP contribution in [0.5, 0.6) is 5.75 Å². The molecule has 17 heavy (non-hydrogen) atoms. The average Bonchev–Trinajstić information content (AvgIpc) is 2.30. The molecule has 1 aromatic heterocycles. The highest BCUT2D eigenvalue weighted by molar-refractivity contribution is 5.90. The highest BCUT2D eigenvalue weighted by Gasteiger charge is 2.19. The van der Waals surface area contributed by atoms with Crippen molar-refractivity contribution in [2.75, 3.05) is 0 Å². The molecule has 1 heterocycles. The SMILES string of the molecule is Cc1cc(OC2CCCCC2)c(C(=O)O)cn1. The van der Waals surface area contributed by atoms with Crippen LogP contribution in [0.4, 0.5) is 0 Å². The van der Waals surface area contributed by atoms with Crippen molar-refractivity contribution < 1.29 is 14.6 Å². The second-order valence-corrected chi connectivity index (χ2v) is 4.50. The molecule has 0 amide bonds. The van der Waals surface area contributed by atoms with Gasteiger partial charge >= 0.3 is 5.97 Å². The molecular weight excluding hydrogens is 218 g/mol. The lowest BCUT2D eigenvalue weighted by Gasteiger charge is -2.23. The summed E-state index contributed by atoms with van der Waals surface area (Å²) < 4.78 is 5.81. The number of ether oxygens (including phenoxy) is 1. The Morgan fingerprint density at radius 2 is 2.12 bits per heavy atom. The summed E-state index contributed by atoms with van der Waals surface area (Å²) in [6.45, 7) is 1.83. The van der Waals surface area contributed by atoms with Gasteiger partial charge in [-0.15, -0.1) is 0 Å². The van der Waals surface area contributed by atoms with E-state index in [1.165, 1.54) is 12.6 Å². The fraction of sp³-hybridized carbons (Fsp3) is 0.538. The summed E-state index contributed by atoms with van der Waals surface area (Å²) in [6, 6.07) is 1.71. The molecule has 0 saturated heterocycles. The van der Waals surface area contributed by atoms with E-state index < -0.39 is 5.97 Å². The number of carboxylic acids is 1. The maximum absolute atomic E-state index is 11.1. The Labute approximate surface area is 101 Å². The number of aromatic nitrogens is 1. The highest BCUT2D eigenvalue weighted by atomic mass is 16.5. The van der Waals surface area contributed by atoms with E-state index in [-0.39, 0.29) is 11.7 Å². The molecule has 1 aliphatic rings. The van der Waals surface area contributed by atoms with Gasteiger partial charge in [-0.1, -0.05) is 6.42 Å². The molecule has 0 radical (unpaired) electrons. The lowest BCUT2D eigenvalue weighted by molar-refractivity contribution is 0.0685. The summed E-state index contributed by atoms with van der Waals surface area (Å²) in [6.07, 6.45) is 7.13. The lowest BCUT2D eigenvalue weighted by Crippen LogP contribution is -2.21. The first-order valence-electron chi connectivity index (χ1n) is 6.03. The molecular formula is C13H17NO3. The summed E-state index contributed by atoms with van der Waals surface area (Å²) >= 11 is 0. The number of nitrogens with zero attached hydrogens (tertiary/aromatic N) is 1. The van der Waals surface area contributed by atoms with E-state index in [9.17, 15) is 4.79 Å². The van der Waals surface area contributed by atoms with Gasteiger partial charge in [0, 0.05) is 18.0 Å². The van der Waals surface area contributed by atoms with Crippen LogP contribution < -0.4 is 4.74 Å². The van der Waals surface area contributed by atoms with Crippen LogP contribution in [0.1, 0.15) is 48.2 Å². The predicted octanol–water partition coefficient (Wildman–Crippen LogP) is 2.80. The van der Waals surface area contributed by atoms with Crippen LogP contribution in [-0.2, 0) is 0 Å². The molecule has 1 N–H and O–H groups in total. The van der Waals surface area contributed by atoms with Crippen molar-refractivity contribution >= 4 is 5.97 Å². The van der Waals surface area contributed by atoms with Crippen LogP contribution in [0.25, 0.3) is 0 Å². The van der Waals surface area contributed by atoms with E-state index in [2.05, 4.69) is 4.98 Å². The van der Waals surface area contributed by atoms with Gasteiger partial charge in [0.25, 0.3) is 0 Å². The summed E-state index contributed by atoms with van der Waals surface area (Å²) in [5.41, 5.74) is 0.932. The van der Waals surface area contributed by atoms with Crippen molar-refractivity contribution in [1.82, 2.24) is 4.98 Å². The van der Waals surface area contributed by atoms with Crippen molar-refractivity contribution in [3.63, 3.8) is 0 Å². The molecule has 1 saturated carbocycles. The number of aryl methyl sites for hydroxylation is 1. The fourth-order valence-corrected chi connectivity index (χ4v) is 2.16. The van der Waals surface area contributed by atoms with Crippen molar-refractivity contribution in [3.05, 3.63) is 23.5 Å². The Balaban J connectivity index is 2.17. The fourth-order valence-electron chi connectivity index (χ4n) is 2.16. The number of rotatable bonds is 3. The predicted molar refractivity (Wildman–Crippen MR) is 63.4 cm³/mol. The molecule has 92 valence electrons. The third-order valence-corrected chi connectivity index (χ3v) is 3.08. The number of carbonyl (C=O) groups is 1. The normalized spacial score (nSPS) is 16.8. The molecule has 4 nitrogen and oxygen atoms in total. The quantitative estimate of drug-likeness (QED) is 0.875. The molecule has 0 spiro atoms. The van der Waals surface area contributed by atoms with Crippen molar-refractivity contribution in [1.29, 1.82) is 0 Å². The van der Waals surface area contributed by atoms with E-state index in [1.54, 1.807) is 6.07 Å². The molecule has 2 rings (SSSR count). The molecule has 4 heteroatoms. The van der Waals surface area contributed by atoms with Crippen LogP contribution in [0.3, 0.4) is 0 Å². The molecule has 1 fully saturated rings. The molecule has 0 bridgehead atoms. The topological polar surface area (TPSA) is 59.4 Å². The van der Waals surface area contributed by atoms with E-state index in [1.807, 2.05) is 6.92 Å². The number of carboxylic acid groups (broad SMARTS) is 1. The second-order valence-electron chi connectivity index (χ2n) is 4.50. The first-order chi connectivity index (χ1) is 8.16. The van der Waals surface area contributed by atoms with Gasteiger partial charge < -0.3 is 9.84 Å². The zero-order chi connectivity index (χ0) is 12.3. The number of aromatic carboxylic acids is 1. The van der Waals surface area contributed by atoms with Crippen molar-refractivity contribution in [2.24, 2.45) is 0 Å². The van der Waals surface area contributed by atoms with Gasteiger partial charge in [-0.3, -0.25) is 4.98 Å². The third-order valence-electron chi connectivity index (χ3n) is 3.08. The zero-order valence-electron chi connectivity index (χ0n) is 9.98. The Kier molecular flexibility index (Phi) is 3.61. The minimum atomic E-state index is -0.983. The van der Waals surface area contributed by atoms with E-state index >= 15 is 0 Å². The third kappa shape index (κ3) is 2.96. The van der Waals surface area contributed by atoms with Gasteiger partial charge in [-0.2, -0.15) is 0 Å². The maximum Gasteiger partial charge on any atom is 0.341 e. The van der Waals surface area contributed by atoms with Gasteiger partial charge in [0.05, 0.1) is 6.10 Å². The smallest absolute Gasteiger partial charge is 0.341 e. The van der Waals surface area contributed by atoms with Gasteiger partial charge in [-0.05, 0) is 32.6 Å². The molecule has 0 unspecified atom stereocenters. The van der Waals surface area contributed by atoms with Gasteiger partial charge in [0.2, 0.25) is 0 Å². The average molecular weight is 235 g/mol. The Bertz CT molecular complexity index is 411. The summed E-state index contributed by atoms with van der Waals surface area (Å²) in [5, 5.41) is 9.07. The van der Waals surface area contributed by atoms with E-state index in [4.69, 9.17) is 9.84 Å². The second kappa shape index (κ2) is 5.17. The number of hydrogen-bond acceptors (Lipinski definition) is 3. The van der Waals surface area contributed by atoms with E-state index in [0.717, 1.165) is 31.4 Å². The Hall–Kier alpha value is -1.58. The van der Waals surface area contributed by atoms with Gasteiger partial charge in [-0.25, -0.2) is 4.79 Å². The minimum Gasteiger partial charge on any atom is -0.489 e. The molecule has 1 aromatic rings. The number of pyridine rings is 1. The summed E-state index contributed by atoms with van der Waals surface area (Å²) in [4.78, 5) is 15.0. The zero-order valence-corrected chi connectivity index (χ0v) is 9.98. The lowest BCUT2D eigenvalue weighted by atomic mass is 9.98. The Morgan fingerprint density at radius 1 is 1.41 bits per heavy atom. The largest absolute Gasteiger partial charge is 0.489 e. The van der Waals surface area contributed by atoms with Crippen LogP contribution >= 0.6 is 0 Å². The van der Waals surface area contributed by atoms with Crippen LogP contribution in [0.15, 0.2) is 12.3 Å². The standard InChI is InChI=1S/C13H17NO3/c1-9-7-12(11(8-14-9)13(15)16)17-10-5-3-2-4-6-10/h7-8,10H,2-6H2,1H3,(H,15,16). The Morgan fingerprint density at radius 3 is 2.76 bits per heavy atom. The van der Waals surface area contributed by atoms with Gasteiger partial charge in [0.1, 0.15) is 11.3 Å². The molecule has 0 aromatic carbocycles. The monoisotopic (exact) mass is 235 g/mol. The van der Waals surface area contributed by atoms with Crippen LogP contribution in [0, 0.1) is 6.92 Å². The van der Waals surface area contributed by atoms with Crippen LogP contribution in [0.2, 0.25) is 0 Å². The first kappa shape index (κ1) is 11.9. The van der Waals surface area contributed by atoms with E-state index in [0.29, 0.717) is 5.75 Å². The summed E-state index contributed by atoms with van der Waals surface area (Å²) in [5.74, 6) is -0.528. The number of hydrogen-bond donors (Lipinski definition) is 1. The van der Waals surface area contributed by atoms with Crippen LogP contribution in [-0.4, -0.2) is 22.2 Å². The molecule has 0 aliphatic heterocycles.